The molecular weight excluding hydrogens is 380 g/mol. The molecular formula is C20H24N2O5S. The van der Waals surface area contributed by atoms with Gasteiger partial charge < -0.3 is 9.84 Å². The first-order valence-corrected chi connectivity index (χ1v) is 10.6. The Bertz CT molecular complexity index is 905. The number of carboxylic acid groups (broad SMARTS) is 1. The minimum atomic E-state index is -3.81. The second-order valence-electron chi connectivity index (χ2n) is 6.83. The molecule has 0 aromatic heterocycles. The number of ether oxygens (including phenoxy) is 1. The van der Waals surface area contributed by atoms with Crippen LogP contribution in [0.25, 0.3) is 0 Å². The predicted molar refractivity (Wildman–Crippen MR) is 105 cm³/mol. The van der Waals surface area contributed by atoms with E-state index in [0.717, 1.165) is 24.2 Å². The lowest BCUT2D eigenvalue weighted by Gasteiger charge is -2.31. The van der Waals surface area contributed by atoms with Crippen molar-refractivity contribution in [1.29, 1.82) is 0 Å². The molecule has 28 heavy (non-hydrogen) atoms. The summed E-state index contributed by atoms with van der Waals surface area (Å²) in [5, 5.41) is 9.00. The minimum absolute atomic E-state index is 0.0385. The van der Waals surface area contributed by atoms with Crippen LogP contribution in [-0.4, -0.2) is 57.2 Å². The van der Waals surface area contributed by atoms with Crippen molar-refractivity contribution < 1.29 is 23.1 Å². The van der Waals surface area contributed by atoms with Gasteiger partial charge in [0.25, 0.3) is 0 Å². The first-order valence-electron chi connectivity index (χ1n) is 9.07. The van der Waals surface area contributed by atoms with Crippen molar-refractivity contribution in [2.45, 2.75) is 17.9 Å². The Labute approximate surface area is 165 Å². The fourth-order valence-electron chi connectivity index (χ4n) is 3.08. The molecule has 1 fully saturated rings. The quantitative estimate of drug-likeness (QED) is 0.733. The molecule has 2 aromatic carbocycles. The van der Waals surface area contributed by atoms with Crippen LogP contribution in [0.15, 0.2) is 53.4 Å². The largest absolute Gasteiger partial charge is 0.478 e. The second-order valence-corrected chi connectivity index (χ2v) is 8.54. The number of aryl methyl sites for hydroxylation is 1. The third-order valence-electron chi connectivity index (χ3n) is 4.73. The smallest absolute Gasteiger partial charge is 0.335 e. The highest BCUT2D eigenvalue weighted by Crippen LogP contribution is 2.20. The number of sulfonamides is 1. The van der Waals surface area contributed by atoms with Gasteiger partial charge >= 0.3 is 5.97 Å². The summed E-state index contributed by atoms with van der Waals surface area (Å²) >= 11 is 0. The zero-order valence-corrected chi connectivity index (χ0v) is 16.5. The van der Waals surface area contributed by atoms with Gasteiger partial charge in [-0.05, 0) is 36.8 Å². The number of morpholine rings is 1. The topological polar surface area (TPSA) is 95.9 Å². The van der Waals surface area contributed by atoms with Gasteiger partial charge in [-0.15, -0.1) is 0 Å². The van der Waals surface area contributed by atoms with Crippen LogP contribution < -0.4 is 4.72 Å². The molecule has 0 saturated carbocycles. The van der Waals surface area contributed by atoms with E-state index in [1.807, 2.05) is 31.2 Å². The van der Waals surface area contributed by atoms with Gasteiger partial charge in [0.05, 0.1) is 29.7 Å². The number of rotatable bonds is 7. The van der Waals surface area contributed by atoms with Crippen molar-refractivity contribution >= 4 is 16.0 Å². The van der Waals surface area contributed by atoms with Crippen LogP contribution in [0.3, 0.4) is 0 Å². The van der Waals surface area contributed by atoms with Gasteiger partial charge in [-0.3, -0.25) is 4.90 Å². The van der Waals surface area contributed by atoms with Gasteiger partial charge in [0.15, 0.2) is 0 Å². The number of benzene rings is 2. The van der Waals surface area contributed by atoms with E-state index in [1.54, 1.807) is 0 Å². The van der Waals surface area contributed by atoms with Crippen molar-refractivity contribution in [3.8, 4) is 0 Å². The minimum Gasteiger partial charge on any atom is -0.478 e. The summed E-state index contributed by atoms with van der Waals surface area (Å²) in [6, 6.07) is 12.5. The van der Waals surface area contributed by atoms with Gasteiger partial charge in [-0.1, -0.05) is 29.8 Å². The van der Waals surface area contributed by atoms with Crippen LogP contribution in [0.1, 0.15) is 27.5 Å². The lowest BCUT2D eigenvalue weighted by Crippen LogP contribution is -2.43. The van der Waals surface area contributed by atoms with Crippen LogP contribution in [-0.2, 0) is 14.8 Å². The van der Waals surface area contributed by atoms with Crippen LogP contribution >= 0.6 is 0 Å². The Morgan fingerprint density at radius 2 is 1.71 bits per heavy atom. The molecule has 2 aromatic rings. The number of hydrogen-bond acceptors (Lipinski definition) is 5. The normalized spacial score (nSPS) is 16.6. The number of hydrogen-bond donors (Lipinski definition) is 2. The van der Waals surface area contributed by atoms with Gasteiger partial charge in [0, 0.05) is 19.6 Å². The summed E-state index contributed by atoms with van der Waals surface area (Å²) in [6.45, 7) is 5.26. The lowest BCUT2D eigenvalue weighted by atomic mass is 10.1. The molecule has 0 bridgehead atoms. The van der Waals surface area contributed by atoms with E-state index in [9.17, 15) is 13.2 Å². The van der Waals surface area contributed by atoms with E-state index in [2.05, 4.69) is 9.62 Å². The summed E-state index contributed by atoms with van der Waals surface area (Å²) in [4.78, 5) is 13.2. The first kappa shape index (κ1) is 20.5. The van der Waals surface area contributed by atoms with Crippen molar-refractivity contribution in [2.75, 3.05) is 32.8 Å². The molecule has 7 nitrogen and oxygen atoms in total. The Morgan fingerprint density at radius 3 is 2.29 bits per heavy atom. The summed E-state index contributed by atoms with van der Waals surface area (Å²) in [5.41, 5.74) is 2.02. The summed E-state index contributed by atoms with van der Waals surface area (Å²) in [5.74, 6) is -1.10. The highest BCUT2D eigenvalue weighted by atomic mass is 32.2. The van der Waals surface area contributed by atoms with E-state index in [1.165, 1.54) is 24.3 Å². The molecule has 2 N–H and O–H groups in total. The van der Waals surface area contributed by atoms with E-state index >= 15 is 0 Å². The maximum atomic E-state index is 12.9. The molecule has 3 rings (SSSR count). The van der Waals surface area contributed by atoms with Gasteiger partial charge in [-0.2, -0.15) is 0 Å². The highest BCUT2D eigenvalue weighted by molar-refractivity contribution is 7.89. The summed E-state index contributed by atoms with van der Waals surface area (Å²) < 4.78 is 34.0. The Hall–Kier alpha value is -2.26. The van der Waals surface area contributed by atoms with Crippen LogP contribution in [0.2, 0.25) is 0 Å². The molecule has 1 aliphatic rings. The number of aromatic carboxylic acids is 1. The van der Waals surface area contributed by atoms with Crippen molar-refractivity contribution in [3.63, 3.8) is 0 Å². The third-order valence-corrected chi connectivity index (χ3v) is 6.22. The van der Waals surface area contributed by atoms with Crippen molar-refractivity contribution in [3.05, 3.63) is 65.2 Å². The standard InChI is InChI=1S/C20H24N2O5S/c1-15-2-4-16(5-3-15)19(14-22-10-12-27-13-11-22)21-28(25,26)18-8-6-17(7-9-18)20(23)24/h2-9,19,21H,10-14H2,1H3,(H,23,24)/t19-/m0/s1. The van der Waals surface area contributed by atoms with Gasteiger partial charge in [0.2, 0.25) is 10.0 Å². The maximum absolute atomic E-state index is 12.9. The fourth-order valence-corrected chi connectivity index (χ4v) is 4.30. The highest BCUT2D eigenvalue weighted by Gasteiger charge is 2.24. The number of carboxylic acids is 1. The third kappa shape index (κ3) is 5.17. The molecule has 150 valence electrons. The number of nitrogens with one attached hydrogen (secondary N) is 1. The zero-order chi connectivity index (χ0) is 20.1. The van der Waals surface area contributed by atoms with Crippen LogP contribution in [0.5, 0.6) is 0 Å². The molecule has 1 atom stereocenters. The van der Waals surface area contributed by atoms with Crippen molar-refractivity contribution in [2.24, 2.45) is 0 Å². The lowest BCUT2D eigenvalue weighted by molar-refractivity contribution is 0.0345. The van der Waals surface area contributed by atoms with Crippen LogP contribution in [0.4, 0.5) is 0 Å². The molecule has 8 heteroatoms. The average molecular weight is 404 g/mol. The Morgan fingerprint density at radius 1 is 1.11 bits per heavy atom. The molecule has 1 aliphatic heterocycles. The Balaban J connectivity index is 1.84. The van der Waals surface area contributed by atoms with Gasteiger partial charge in [0.1, 0.15) is 0 Å². The summed E-state index contributed by atoms with van der Waals surface area (Å²) in [7, 11) is -3.81. The Kier molecular flexibility index (Phi) is 6.46. The molecule has 1 heterocycles. The zero-order valence-electron chi connectivity index (χ0n) is 15.7. The first-order chi connectivity index (χ1) is 13.3. The average Bonchev–Trinajstić information content (AvgIpc) is 2.69. The molecule has 0 amide bonds. The van der Waals surface area contributed by atoms with E-state index < -0.39 is 22.0 Å². The maximum Gasteiger partial charge on any atom is 0.335 e. The number of nitrogens with zero attached hydrogens (tertiary/aromatic N) is 1. The van der Waals surface area contributed by atoms with E-state index in [-0.39, 0.29) is 10.5 Å². The van der Waals surface area contributed by atoms with E-state index in [0.29, 0.717) is 19.8 Å². The molecule has 0 spiro atoms. The van der Waals surface area contributed by atoms with Crippen molar-refractivity contribution in [1.82, 2.24) is 9.62 Å². The number of carbonyl (C=O) groups is 1. The molecule has 0 radical (unpaired) electrons. The molecule has 0 unspecified atom stereocenters. The molecule has 1 saturated heterocycles. The SMILES string of the molecule is Cc1ccc([C@H](CN2CCOCC2)NS(=O)(=O)c2ccc(C(=O)O)cc2)cc1. The van der Waals surface area contributed by atoms with Crippen LogP contribution in [0, 0.1) is 6.92 Å². The van der Waals surface area contributed by atoms with E-state index in [4.69, 9.17) is 9.84 Å². The molecule has 0 aliphatic carbocycles. The fraction of sp³-hybridized carbons (Fsp3) is 0.350. The predicted octanol–water partition coefficient (Wildman–Crippen LogP) is 2.05. The second kappa shape index (κ2) is 8.83. The van der Waals surface area contributed by atoms with Gasteiger partial charge in [-0.25, -0.2) is 17.9 Å². The summed E-state index contributed by atoms with van der Waals surface area (Å²) in [6.07, 6.45) is 0. The monoisotopic (exact) mass is 404 g/mol.